The zero-order valence-corrected chi connectivity index (χ0v) is 13.7. The van der Waals surface area contributed by atoms with Crippen molar-refractivity contribution in [1.29, 1.82) is 0 Å². The van der Waals surface area contributed by atoms with Crippen LogP contribution in [0.2, 0.25) is 0 Å². The molecule has 1 aromatic rings. The summed E-state index contributed by atoms with van der Waals surface area (Å²) in [6.07, 6.45) is 6.48. The van der Waals surface area contributed by atoms with E-state index in [0.717, 1.165) is 25.7 Å². The molecule has 1 heterocycles. The van der Waals surface area contributed by atoms with Crippen molar-refractivity contribution < 1.29 is 14.4 Å². The molecule has 1 aliphatic carbocycles. The molecule has 1 aliphatic rings. The number of rotatable bonds is 4. The second-order valence-corrected chi connectivity index (χ2v) is 7.21. The topological polar surface area (TPSA) is 68.4 Å². The normalized spacial score (nSPS) is 21.0. The summed E-state index contributed by atoms with van der Waals surface area (Å²) < 4.78 is 11.1. The maximum atomic E-state index is 10.2. The van der Waals surface area contributed by atoms with Gasteiger partial charge in [-0.1, -0.05) is 51.6 Å². The van der Waals surface area contributed by atoms with Crippen LogP contribution in [0, 0.1) is 5.41 Å². The van der Waals surface area contributed by atoms with Crippen LogP contribution in [0.15, 0.2) is 4.52 Å². The van der Waals surface area contributed by atoms with Crippen molar-refractivity contribution in [1.82, 2.24) is 10.1 Å². The minimum atomic E-state index is -0.501. The molecule has 5 heteroatoms. The molecule has 0 bridgehead atoms. The first-order valence-corrected chi connectivity index (χ1v) is 7.94. The highest BCUT2D eigenvalue weighted by atomic mass is 16.5. The van der Waals surface area contributed by atoms with Crippen LogP contribution in [0.3, 0.4) is 0 Å². The lowest BCUT2D eigenvalue weighted by atomic mass is 9.87. The molecule has 1 unspecified atom stereocenters. The number of aliphatic hydroxyl groups excluding tert-OH is 1. The average molecular weight is 296 g/mol. The maximum absolute atomic E-state index is 10.2. The van der Waals surface area contributed by atoms with E-state index in [4.69, 9.17) is 9.26 Å². The van der Waals surface area contributed by atoms with Crippen molar-refractivity contribution in [3.8, 4) is 0 Å². The summed E-state index contributed by atoms with van der Waals surface area (Å²) in [5.74, 6) is 1.14. The minimum Gasteiger partial charge on any atom is -0.392 e. The quantitative estimate of drug-likeness (QED) is 0.864. The molecule has 1 saturated carbocycles. The highest BCUT2D eigenvalue weighted by Gasteiger charge is 2.38. The second kappa shape index (κ2) is 6.44. The van der Waals surface area contributed by atoms with Gasteiger partial charge in [0.15, 0.2) is 0 Å². The van der Waals surface area contributed by atoms with Crippen LogP contribution in [0.4, 0.5) is 0 Å². The highest BCUT2D eigenvalue weighted by Crippen LogP contribution is 2.37. The van der Waals surface area contributed by atoms with E-state index < -0.39 is 11.7 Å². The SMILES string of the molecule is COC1(c2noc(CC(O)C(C)(C)C)n2)CCCCCC1. The summed E-state index contributed by atoms with van der Waals surface area (Å²) in [5, 5.41) is 14.3. The predicted octanol–water partition coefficient (Wildman–Crippen LogP) is 3.22. The van der Waals surface area contributed by atoms with Crippen LogP contribution >= 0.6 is 0 Å². The van der Waals surface area contributed by atoms with Crippen LogP contribution in [-0.2, 0) is 16.8 Å². The fourth-order valence-corrected chi connectivity index (χ4v) is 2.81. The molecule has 21 heavy (non-hydrogen) atoms. The van der Waals surface area contributed by atoms with E-state index in [1.165, 1.54) is 12.8 Å². The van der Waals surface area contributed by atoms with Gasteiger partial charge >= 0.3 is 0 Å². The fraction of sp³-hybridized carbons (Fsp3) is 0.875. The molecule has 5 nitrogen and oxygen atoms in total. The Morgan fingerprint density at radius 1 is 1.24 bits per heavy atom. The summed E-state index contributed by atoms with van der Waals surface area (Å²) in [5.41, 5.74) is -0.610. The summed E-state index contributed by atoms with van der Waals surface area (Å²) in [6.45, 7) is 5.99. The van der Waals surface area contributed by atoms with Crippen molar-refractivity contribution in [2.24, 2.45) is 5.41 Å². The number of methoxy groups -OCH3 is 1. The molecule has 0 aromatic carbocycles. The molecule has 1 atom stereocenters. The molecule has 0 saturated heterocycles. The Hall–Kier alpha value is -0.940. The first-order chi connectivity index (χ1) is 9.87. The zero-order chi connectivity index (χ0) is 15.5. The molecule has 120 valence electrons. The molecule has 1 N–H and O–H groups in total. The molecular formula is C16H28N2O3. The van der Waals surface area contributed by atoms with Gasteiger partial charge in [-0.15, -0.1) is 0 Å². The minimum absolute atomic E-state index is 0.199. The second-order valence-electron chi connectivity index (χ2n) is 7.21. The zero-order valence-electron chi connectivity index (χ0n) is 13.7. The number of ether oxygens (including phenoxy) is 1. The summed E-state index contributed by atoms with van der Waals surface area (Å²) in [6, 6.07) is 0. The van der Waals surface area contributed by atoms with E-state index in [2.05, 4.69) is 10.1 Å². The number of hydrogen-bond donors (Lipinski definition) is 1. The third kappa shape index (κ3) is 3.83. The molecule has 1 aromatic heterocycles. The third-order valence-electron chi connectivity index (χ3n) is 4.55. The van der Waals surface area contributed by atoms with Crippen molar-refractivity contribution in [3.05, 3.63) is 11.7 Å². The van der Waals surface area contributed by atoms with E-state index in [1.54, 1.807) is 7.11 Å². The number of aliphatic hydroxyl groups is 1. The summed E-state index contributed by atoms with van der Waals surface area (Å²) >= 11 is 0. The lowest BCUT2D eigenvalue weighted by Gasteiger charge is -2.27. The Bertz CT molecular complexity index is 443. The molecular weight excluding hydrogens is 268 g/mol. The van der Waals surface area contributed by atoms with Gasteiger partial charge in [-0.05, 0) is 18.3 Å². The molecule has 0 spiro atoms. The number of nitrogens with zero attached hydrogens (tertiary/aromatic N) is 2. The Morgan fingerprint density at radius 2 is 1.86 bits per heavy atom. The van der Waals surface area contributed by atoms with Crippen molar-refractivity contribution in [2.75, 3.05) is 7.11 Å². The van der Waals surface area contributed by atoms with Gasteiger partial charge < -0.3 is 14.4 Å². The Morgan fingerprint density at radius 3 is 2.38 bits per heavy atom. The monoisotopic (exact) mass is 296 g/mol. The standard InChI is InChI=1S/C16H28N2O3/c1-15(2,3)12(19)11-13-17-14(18-21-13)16(20-4)9-7-5-6-8-10-16/h12,19H,5-11H2,1-4H3. The van der Waals surface area contributed by atoms with Crippen LogP contribution in [0.1, 0.15) is 71.0 Å². The van der Waals surface area contributed by atoms with Gasteiger partial charge in [0.25, 0.3) is 0 Å². The summed E-state index contributed by atoms with van der Waals surface area (Å²) in [4.78, 5) is 4.51. The van der Waals surface area contributed by atoms with E-state index in [9.17, 15) is 5.11 Å². The summed E-state index contributed by atoms with van der Waals surface area (Å²) in [7, 11) is 1.73. The molecule has 0 radical (unpaired) electrons. The fourth-order valence-electron chi connectivity index (χ4n) is 2.81. The third-order valence-corrected chi connectivity index (χ3v) is 4.55. The van der Waals surface area contributed by atoms with Gasteiger partial charge in [-0.2, -0.15) is 4.98 Å². The highest BCUT2D eigenvalue weighted by molar-refractivity contribution is 5.03. The van der Waals surface area contributed by atoms with Crippen LogP contribution in [0.5, 0.6) is 0 Å². The maximum Gasteiger partial charge on any atom is 0.229 e. The Balaban J connectivity index is 2.14. The van der Waals surface area contributed by atoms with Crippen molar-refractivity contribution >= 4 is 0 Å². The molecule has 1 fully saturated rings. The first kappa shape index (κ1) is 16.4. The van der Waals surface area contributed by atoms with Crippen molar-refractivity contribution in [3.63, 3.8) is 0 Å². The number of hydrogen-bond acceptors (Lipinski definition) is 5. The lowest BCUT2D eigenvalue weighted by Crippen LogP contribution is -2.30. The smallest absolute Gasteiger partial charge is 0.229 e. The average Bonchev–Trinajstić information content (AvgIpc) is 2.75. The van der Waals surface area contributed by atoms with E-state index in [0.29, 0.717) is 18.1 Å². The Kier molecular flexibility index (Phi) is 5.04. The first-order valence-electron chi connectivity index (χ1n) is 7.94. The van der Waals surface area contributed by atoms with Gasteiger partial charge in [-0.3, -0.25) is 0 Å². The Labute approximate surface area is 127 Å². The van der Waals surface area contributed by atoms with Gasteiger partial charge in [-0.25, -0.2) is 0 Å². The van der Waals surface area contributed by atoms with Gasteiger partial charge in [0.2, 0.25) is 11.7 Å². The van der Waals surface area contributed by atoms with Gasteiger partial charge in [0, 0.05) is 7.11 Å². The number of aromatic nitrogens is 2. The van der Waals surface area contributed by atoms with E-state index in [-0.39, 0.29) is 5.41 Å². The van der Waals surface area contributed by atoms with E-state index in [1.807, 2.05) is 20.8 Å². The van der Waals surface area contributed by atoms with Gasteiger partial charge in [0.1, 0.15) is 5.60 Å². The predicted molar refractivity (Wildman–Crippen MR) is 79.9 cm³/mol. The lowest BCUT2D eigenvalue weighted by molar-refractivity contribution is -0.0365. The molecule has 0 amide bonds. The van der Waals surface area contributed by atoms with Crippen LogP contribution < -0.4 is 0 Å². The van der Waals surface area contributed by atoms with Crippen LogP contribution in [0.25, 0.3) is 0 Å². The molecule has 0 aliphatic heterocycles. The van der Waals surface area contributed by atoms with E-state index >= 15 is 0 Å². The largest absolute Gasteiger partial charge is 0.392 e. The van der Waals surface area contributed by atoms with Gasteiger partial charge in [0.05, 0.1) is 12.5 Å². The van der Waals surface area contributed by atoms with Crippen molar-refractivity contribution in [2.45, 2.75) is 77.4 Å². The van der Waals surface area contributed by atoms with Crippen LogP contribution in [-0.4, -0.2) is 28.5 Å². The molecule has 2 rings (SSSR count).